The van der Waals surface area contributed by atoms with E-state index >= 15 is 0 Å². The molecule has 26 heavy (non-hydrogen) atoms. The molecule has 2 aromatic rings. The maximum Gasteiger partial charge on any atom is 0.329 e. The molecule has 3 rings (SSSR count). The Kier molecular flexibility index (Phi) is 4.98. The summed E-state index contributed by atoms with van der Waals surface area (Å²) in [6.45, 7) is -0.435. The Morgan fingerprint density at radius 2 is 1.81 bits per heavy atom. The highest BCUT2D eigenvalue weighted by atomic mass is 16.5. The Hall–Kier alpha value is -3.61. The van der Waals surface area contributed by atoms with E-state index in [1.165, 1.54) is 13.2 Å². The van der Waals surface area contributed by atoms with Crippen molar-refractivity contribution in [1.82, 2.24) is 10.2 Å². The van der Waals surface area contributed by atoms with Crippen LogP contribution in [0.15, 0.2) is 60.3 Å². The molecule has 2 aromatic carbocycles. The SMILES string of the molecule is COC(=O)CN1C(=O)N/C(=C/c2cccc(Oc3ccccc3)c2)C1=O. The van der Waals surface area contributed by atoms with Crippen LogP contribution in [0.1, 0.15) is 5.56 Å². The van der Waals surface area contributed by atoms with Crippen molar-refractivity contribution in [2.75, 3.05) is 13.7 Å². The highest BCUT2D eigenvalue weighted by Gasteiger charge is 2.35. The van der Waals surface area contributed by atoms with Gasteiger partial charge in [-0.2, -0.15) is 0 Å². The van der Waals surface area contributed by atoms with Crippen LogP contribution in [0.3, 0.4) is 0 Å². The lowest BCUT2D eigenvalue weighted by atomic mass is 10.2. The van der Waals surface area contributed by atoms with E-state index in [4.69, 9.17) is 4.74 Å². The second kappa shape index (κ2) is 7.52. The second-order valence-corrected chi connectivity index (χ2v) is 5.44. The van der Waals surface area contributed by atoms with E-state index in [1.54, 1.807) is 24.3 Å². The molecular formula is C19H16N2O5. The number of carbonyl (C=O) groups is 3. The zero-order valence-electron chi connectivity index (χ0n) is 14.0. The smallest absolute Gasteiger partial charge is 0.329 e. The van der Waals surface area contributed by atoms with Crippen molar-refractivity contribution in [3.63, 3.8) is 0 Å². The molecular weight excluding hydrogens is 336 g/mol. The lowest BCUT2D eigenvalue weighted by Gasteiger charge is -2.09. The topological polar surface area (TPSA) is 84.9 Å². The molecule has 0 aliphatic carbocycles. The summed E-state index contributed by atoms with van der Waals surface area (Å²) in [6.07, 6.45) is 1.52. The van der Waals surface area contributed by atoms with Crippen molar-refractivity contribution in [3.05, 3.63) is 65.9 Å². The van der Waals surface area contributed by atoms with Gasteiger partial charge in [0.15, 0.2) is 0 Å². The van der Waals surface area contributed by atoms with Crippen LogP contribution in [0, 0.1) is 0 Å². The summed E-state index contributed by atoms with van der Waals surface area (Å²) in [7, 11) is 1.19. The van der Waals surface area contributed by atoms with Crippen LogP contribution < -0.4 is 10.1 Å². The van der Waals surface area contributed by atoms with Gasteiger partial charge in [0.25, 0.3) is 5.91 Å². The number of para-hydroxylation sites is 1. The molecule has 3 amide bonds. The molecule has 1 heterocycles. The Bertz CT molecular complexity index is 877. The third-order valence-electron chi connectivity index (χ3n) is 3.63. The monoisotopic (exact) mass is 352 g/mol. The number of methoxy groups -OCH3 is 1. The van der Waals surface area contributed by atoms with Crippen molar-refractivity contribution in [3.8, 4) is 11.5 Å². The third kappa shape index (κ3) is 3.89. The number of nitrogens with one attached hydrogen (secondary N) is 1. The zero-order valence-corrected chi connectivity index (χ0v) is 14.0. The minimum Gasteiger partial charge on any atom is -0.468 e. The van der Waals surface area contributed by atoms with Crippen LogP contribution in [-0.2, 0) is 14.3 Å². The minimum absolute atomic E-state index is 0.0794. The van der Waals surface area contributed by atoms with Crippen LogP contribution >= 0.6 is 0 Å². The molecule has 0 bridgehead atoms. The molecule has 0 spiro atoms. The van der Waals surface area contributed by atoms with E-state index in [1.807, 2.05) is 30.3 Å². The largest absolute Gasteiger partial charge is 0.468 e. The van der Waals surface area contributed by atoms with E-state index in [9.17, 15) is 14.4 Å². The highest BCUT2D eigenvalue weighted by Crippen LogP contribution is 2.23. The van der Waals surface area contributed by atoms with Gasteiger partial charge in [0.1, 0.15) is 23.7 Å². The predicted octanol–water partition coefficient (Wildman–Crippen LogP) is 2.54. The van der Waals surface area contributed by atoms with Crippen LogP contribution in [0.4, 0.5) is 4.79 Å². The van der Waals surface area contributed by atoms with E-state index in [2.05, 4.69) is 10.1 Å². The maximum absolute atomic E-state index is 12.3. The molecule has 132 valence electrons. The van der Waals surface area contributed by atoms with Gasteiger partial charge in [0.2, 0.25) is 0 Å². The van der Waals surface area contributed by atoms with Crippen molar-refractivity contribution in [1.29, 1.82) is 0 Å². The number of hydrogen-bond acceptors (Lipinski definition) is 5. The van der Waals surface area contributed by atoms with E-state index in [-0.39, 0.29) is 5.70 Å². The van der Waals surface area contributed by atoms with Crippen molar-refractivity contribution < 1.29 is 23.9 Å². The van der Waals surface area contributed by atoms with Gasteiger partial charge in [0.05, 0.1) is 7.11 Å². The van der Waals surface area contributed by atoms with Crippen LogP contribution in [0.5, 0.6) is 11.5 Å². The number of rotatable bonds is 5. The van der Waals surface area contributed by atoms with E-state index in [0.29, 0.717) is 17.1 Å². The average Bonchev–Trinajstić information content (AvgIpc) is 2.90. The molecule has 1 saturated heterocycles. The Labute approximate surface area is 149 Å². The fourth-order valence-corrected chi connectivity index (χ4v) is 2.37. The van der Waals surface area contributed by atoms with Crippen LogP contribution in [0.25, 0.3) is 6.08 Å². The average molecular weight is 352 g/mol. The molecule has 1 aliphatic heterocycles. The number of amides is 3. The fraction of sp³-hybridized carbons (Fsp3) is 0.105. The van der Waals surface area contributed by atoms with Crippen molar-refractivity contribution in [2.24, 2.45) is 0 Å². The number of urea groups is 1. The summed E-state index contributed by atoms with van der Waals surface area (Å²) >= 11 is 0. The fourth-order valence-electron chi connectivity index (χ4n) is 2.37. The first kappa shape index (κ1) is 17.2. The summed E-state index contributed by atoms with van der Waals surface area (Å²) in [5, 5.41) is 2.45. The predicted molar refractivity (Wildman–Crippen MR) is 93.2 cm³/mol. The van der Waals surface area contributed by atoms with Gasteiger partial charge in [-0.3, -0.25) is 9.59 Å². The molecule has 0 saturated carbocycles. The number of ether oxygens (including phenoxy) is 2. The number of hydrogen-bond donors (Lipinski definition) is 1. The van der Waals surface area contributed by atoms with Crippen LogP contribution in [0.2, 0.25) is 0 Å². The molecule has 1 fully saturated rings. The Morgan fingerprint density at radius 1 is 1.08 bits per heavy atom. The lowest BCUT2D eigenvalue weighted by Crippen LogP contribution is -2.36. The number of nitrogens with zero attached hydrogens (tertiary/aromatic N) is 1. The van der Waals surface area contributed by atoms with Gasteiger partial charge in [-0.15, -0.1) is 0 Å². The molecule has 0 radical (unpaired) electrons. The number of benzene rings is 2. The highest BCUT2D eigenvalue weighted by molar-refractivity contribution is 6.15. The first-order chi connectivity index (χ1) is 12.6. The molecule has 7 nitrogen and oxygen atoms in total. The Balaban J connectivity index is 1.77. The summed E-state index contributed by atoms with van der Waals surface area (Å²) in [6, 6.07) is 15.7. The molecule has 7 heteroatoms. The normalized spacial score (nSPS) is 15.1. The minimum atomic E-state index is -0.673. The standard InChI is InChI=1S/C19H16N2O5/c1-25-17(22)12-21-18(23)16(20-19(21)24)11-13-6-5-9-15(10-13)26-14-7-3-2-4-8-14/h2-11H,12H2,1H3,(H,20,24)/b16-11+. The molecule has 0 unspecified atom stereocenters. The number of esters is 1. The van der Waals surface area contributed by atoms with E-state index < -0.39 is 24.5 Å². The molecule has 1 N–H and O–H groups in total. The van der Waals surface area contributed by atoms with Gasteiger partial charge >= 0.3 is 12.0 Å². The first-order valence-electron chi connectivity index (χ1n) is 7.81. The maximum atomic E-state index is 12.3. The van der Waals surface area contributed by atoms with Crippen molar-refractivity contribution >= 4 is 24.0 Å². The van der Waals surface area contributed by atoms with Gasteiger partial charge < -0.3 is 14.8 Å². The quantitative estimate of drug-likeness (QED) is 0.508. The van der Waals surface area contributed by atoms with E-state index in [0.717, 1.165) is 4.90 Å². The summed E-state index contributed by atoms with van der Waals surface area (Å²) in [5.41, 5.74) is 0.748. The summed E-state index contributed by atoms with van der Waals surface area (Å²) < 4.78 is 10.2. The first-order valence-corrected chi connectivity index (χ1v) is 7.81. The van der Waals surface area contributed by atoms with Crippen LogP contribution in [-0.4, -0.2) is 36.5 Å². The number of carbonyl (C=O) groups excluding carboxylic acids is 3. The third-order valence-corrected chi connectivity index (χ3v) is 3.63. The lowest BCUT2D eigenvalue weighted by molar-refractivity contribution is -0.143. The zero-order chi connectivity index (χ0) is 18.5. The molecule has 0 aromatic heterocycles. The van der Waals surface area contributed by atoms with Gasteiger partial charge in [-0.25, -0.2) is 9.69 Å². The molecule has 0 atom stereocenters. The van der Waals surface area contributed by atoms with Crippen molar-refractivity contribution in [2.45, 2.75) is 0 Å². The van der Waals surface area contributed by atoms with Gasteiger partial charge in [0, 0.05) is 0 Å². The summed E-state index contributed by atoms with van der Waals surface area (Å²) in [5.74, 6) is 0.0170. The molecule has 1 aliphatic rings. The summed E-state index contributed by atoms with van der Waals surface area (Å²) in [4.78, 5) is 36.3. The number of imide groups is 1. The second-order valence-electron chi connectivity index (χ2n) is 5.44. The van der Waals surface area contributed by atoms with Gasteiger partial charge in [-0.05, 0) is 35.9 Å². The van der Waals surface area contributed by atoms with Gasteiger partial charge in [-0.1, -0.05) is 30.3 Å². The Morgan fingerprint density at radius 3 is 2.54 bits per heavy atom.